The lowest BCUT2D eigenvalue weighted by atomic mass is 9.69. The molecule has 1 aliphatic carbocycles. The minimum absolute atomic E-state index is 0.0306. The first-order valence-electron chi connectivity index (χ1n) is 12.9. The van der Waals surface area contributed by atoms with Crippen molar-refractivity contribution in [3.8, 4) is 0 Å². The number of aromatic nitrogens is 2. The van der Waals surface area contributed by atoms with Crippen molar-refractivity contribution in [1.82, 2.24) is 20.0 Å². The van der Waals surface area contributed by atoms with Gasteiger partial charge in [0, 0.05) is 49.3 Å². The van der Waals surface area contributed by atoms with Crippen LogP contribution in [0.25, 0.3) is 0 Å². The summed E-state index contributed by atoms with van der Waals surface area (Å²) >= 11 is 0. The fourth-order valence-corrected chi connectivity index (χ4v) is 5.77. The highest BCUT2D eigenvalue weighted by Crippen LogP contribution is 2.42. The van der Waals surface area contributed by atoms with Gasteiger partial charge in [0.1, 0.15) is 6.04 Å². The molecule has 1 aromatic rings. The Bertz CT molecular complexity index is 810. The van der Waals surface area contributed by atoms with Gasteiger partial charge in [-0.05, 0) is 50.5 Å². The van der Waals surface area contributed by atoms with Gasteiger partial charge in [-0.15, -0.1) is 0 Å². The molecule has 7 heteroatoms. The van der Waals surface area contributed by atoms with Gasteiger partial charge < -0.3 is 15.3 Å². The summed E-state index contributed by atoms with van der Waals surface area (Å²) in [5, 5.41) is 17.8. The van der Waals surface area contributed by atoms with Gasteiger partial charge in [0.25, 0.3) is 0 Å². The molecular weight excluding hydrogens is 416 g/mol. The molecule has 1 aromatic heterocycles. The standard InChI is InChI=1S/C26H44N4O3/c1-6-19(3)24(33)29-17-20(31)16-21(29)23(32)27-18-25(4)11-8-13-26(5,14-9-12-25)22-10-15-28-30(22)7-2/h10,15,19-21,31H,6-9,11-14,16-18H2,1-5H3,(H,27,32). The molecule has 3 unspecified atom stereocenters. The maximum absolute atomic E-state index is 13.1. The van der Waals surface area contributed by atoms with E-state index in [-0.39, 0.29) is 35.1 Å². The maximum atomic E-state index is 13.1. The average Bonchev–Trinajstić information content (AvgIpc) is 3.42. The minimum Gasteiger partial charge on any atom is -0.391 e. The fourth-order valence-electron chi connectivity index (χ4n) is 5.77. The van der Waals surface area contributed by atoms with E-state index in [1.54, 1.807) is 4.90 Å². The molecule has 2 fully saturated rings. The number of aryl methyl sites for hydroxylation is 1. The number of hydrogen-bond donors (Lipinski definition) is 2. The van der Waals surface area contributed by atoms with E-state index in [4.69, 9.17) is 0 Å². The molecule has 3 rings (SSSR count). The van der Waals surface area contributed by atoms with Gasteiger partial charge in [0.15, 0.2) is 0 Å². The van der Waals surface area contributed by atoms with Gasteiger partial charge in [-0.25, -0.2) is 0 Å². The van der Waals surface area contributed by atoms with Crippen molar-refractivity contribution in [2.24, 2.45) is 11.3 Å². The van der Waals surface area contributed by atoms with Crippen LogP contribution in [0.5, 0.6) is 0 Å². The predicted molar refractivity (Wildman–Crippen MR) is 130 cm³/mol. The zero-order valence-corrected chi connectivity index (χ0v) is 21.3. The summed E-state index contributed by atoms with van der Waals surface area (Å²) in [6.45, 7) is 12.4. The van der Waals surface area contributed by atoms with Crippen LogP contribution in [0, 0.1) is 11.3 Å². The normalized spacial score (nSPS) is 31.6. The second-order valence-electron chi connectivity index (χ2n) is 11.0. The monoisotopic (exact) mass is 460 g/mol. The molecular formula is C26H44N4O3. The quantitative estimate of drug-likeness (QED) is 0.650. The third-order valence-corrected chi connectivity index (χ3v) is 8.24. The molecule has 0 spiro atoms. The summed E-state index contributed by atoms with van der Waals surface area (Å²) in [6.07, 6.45) is 8.93. The van der Waals surface area contributed by atoms with Gasteiger partial charge in [0.05, 0.1) is 6.10 Å². The Morgan fingerprint density at radius 3 is 2.48 bits per heavy atom. The number of carbonyl (C=O) groups is 2. The number of likely N-dealkylation sites (tertiary alicyclic amines) is 1. The third-order valence-electron chi connectivity index (χ3n) is 8.24. The summed E-state index contributed by atoms with van der Waals surface area (Å²) < 4.78 is 2.13. The average molecular weight is 461 g/mol. The van der Waals surface area contributed by atoms with Crippen molar-refractivity contribution >= 4 is 11.8 Å². The molecule has 1 saturated carbocycles. The van der Waals surface area contributed by atoms with E-state index >= 15 is 0 Å². The third kappa shape index (κ3) is 5.79. The summed E-state index contributed by atoms with van der Waals surface area (Å²) in [4.78, 5) is 27.4. The van der Waals surface area contributed by atoms with Gasteiger partial charge in [-0.2, -0.15) is 5.10 Å². The number of aliphatic hydroxyl groups excluding tert-OH is 1. The minimum atomic E-state index is -0.625. The molecule has 0 bridgehead atoms. The van der Waals surface area contributed by atoms with Crippen LogP contribution in [0.4, 0.5) is 0 Å². The highest BCUT2D eigenvalue weighted by Gasteiger charge is 2.41. The van der Waals surface area contributed by atoms with Gasteiger partial charge in [-0.3, -0.25) is 14.3 Å². The van der Waals surface area contributed by atoms with Crippen LogP contribution in [0.3, 0.4) is 0 Å². The Kier molecular flexibility index (Phi) is 8.25. The number of carbonyl (C=O) groups excluding carboxylic acids is 2. The summed E-state index contributed by atoms with van der Waals surface area (Å²) in [6, 6.07) is 1.61. The first-order chi connectivity index (χ1) is 15.6. The Labute approximate surface area is 199 Å². The summed E-state index contributed by atoms with van der Waals surface area (Å²) in [5.41, 5.74) is 1.53. The Morgan fingerprint density at radius 1 is 1.21 bits per heavy atom. The molecule has 2 heterocycles. The second kappa shape index (κ2) is 10.6. The molecule has 2 N–H and O–H groups in total. The predicted octanol–water partition coefficient (Wildman–Crippen LogP) is 3.65. The molecule has 3 atom stereocenters. The van der Waals surface area contributed by atoms with E-state index in [2.05, 4.69) is 41.9 Å². The van der Waals surface area contributed by atoms with Crippen molar-refractivity contribution in [3.63, 3.8) is 0 Å². The number of rotatable bonds is 7. The molecule has 1 aliphatic heterocycles. The molecule has 7 nitrogen and oxygen atoms in total. The van der Waals surface area contributed by atoms with Crippen LogP contribution in [0.1, 0.15) is 91.7 Å². The number of β-amino-alcohol motifs (C(OH)–C–C–N with tert-alkyl or cyclic N) is 1. The van der Waals surface area contributed by atoms with E-state index in [0.717, 1.165) is 51.5 Å². The molecule has 2 amide bonds. The van der Waals surface area contributed by atoms with Crippen LogP contribution >= 0.6 is 0 Å². The molecule has 33 heavy (non-hydrogen) atoms. The lowest BCUT2D eigenvalue weighted by Gasteiger charge is -2.38. The van der Waals surface area contributed by atoms with Crippen LogP contribution in [-0.2, 0) is 21.5 Å². The van der Waals surface area contributed by atoms with Crippen molar-refractivity contribution in [3.05, 3.63) is 18.0 Å². The van der Waals surface area contributed by atoms with Gasteiger partial charge in [-0.1, -0.05) is 40.5 Å². The summed E-state index contributed by atoms with van der Waals surface area (Å²) in [5.74, 6) is -0.285. The van der Waals surface area contributed by atoms with Crippen molar-refractivity contribution in [1.29, 1.82) is 0 Å². The zero-order chi connectivity index (χ0) is 24.2. The Hall–Kier alpha value is -1.89. The van der Waals surface area contributed by atoms with Crippen LogP contribution < -0.4 is 5.32 Å². The Balaban J connectivity index is 1.58. The van der Waals surface area contributed by atoms with Crippen LogP contribution in [0.15, 0.2) is 12.3 Å². The van der Waals surface area contributed by atoms with E-state index in [0.29, 0.717) is 13.0 Å². The molecule has 2 aliphatic rings. The van der Waals surface area contributed by atoms with Crippen LogP contribution in [0.2, 0.25) is 0 Å². The first-order valence-corrected chi connectivity index (χ1v) is 12.9. The smallest absolute Gasteiger partial charge is 0.242 e. The van der Waals surface area contributed by atoms with Crippen LogP contribution in [-0.4, -0.2) is 56.8 Å². The molecule has 0 aromatic carbocycles. The van der Waals surface area contributed by atoms with E-state index in [9.17, 15) is 14.7 Å². The van der Waals surface area contributed by atoms with E-state index < -0.39 is 12.1 Å². The number of aliphatic hydroxyl groups is 1. The number of nitrogens with zero attached hydrogens (tertiary/aromatic N) is 3. The largest absolute Gasteiger partial charge is 0.391 e. The van der Waals surface area contributed by atoms with Gasteiger partial charge >= 0.3 is 0 Å². The maximum Gasteiger partial charge on any atom is 0.242 e. The topological polar surface area (TPSA) is 87.5 Å². The highest BCUT2D eigenvalue weighted by atomic mass is 16.3. The summed E-state index contributed by atoms with van der Waals surface area (Å²) in [7, 11) is 0. The molecule has 1 saturated heterocycles. The lowest BCUT2D eigenvalue weighted by Crippen LogP contribution is -2.49. The SMILES string of the molecule is CCC(C)C(=O)N1CC(O)CC1C(=O)NCC1(C)CCCC(C)(c2ccnn2CC)CCC1. The van der Waals surface area contributed by atoms with E-state index in [1.807, 2.05) is 20.0 Å². The van der Waals surface area contributed by atoms with Crippen molar-refractivity contribution in [2.45, 2.75) is 110 Å². The first kappa shape index (κ1) is 25.7. The van der Waals surface area contributed by atoms with E-state index in [1.165, 1.54) is 5.69 Å². The number of amides is 2. The Morgan fingerprint density at radius 2 is 1.88 bits per heavy atom. The second-order valence-corrected chi connectivity index (χ2v) is 11.0. The molecule has 0 radical (unpaired) electrons. The van der Waals surface area contributed by atoms with Gasteiger partial charge in [0.2, 0.25) is 11.8 Å². The van der Waals surface area contributed by atoms with Crippen molar-refractivity contribution < 1.29 is 14.7 Å². The number of hydrogen-bond acceptors (Lipinski definition) is 4. The van der Waals surface area contributed by atoms with Crippen molar-refractivity contribution in [2.75, 3.05) is 13.1 Å². The zero-order valence-electron chi connectivity index (χ0n) is 21.3. The fraction of sp³-hybridized carbons (Fsp3) is 0.808. The highest BCUT2D eigenvalue weighted by molar-refractivity contribution is 5.89. The lowest BCUT2D eigenvalue weighted by molar-refractivity contribution is -0.141. The molecule has 186 valence electrons. The number of nitrogens with one attached hydrogen (secondary N) is 1.